The van der Waals surface area contributed by atoms with Gasteiger partial charge in [-0.1, -0.05) is 64.5 Å². The first-order valence-electron chi connectivity index (χ1n) is 7.11. The highest BCUT2D eigenvalue weighted by molar-refractivity contribution is 6.37. The maximum atomic E-state index is 2.67. The highest BCUT2D eigenvalue weighted by Crippen LogP contribution is 2.41. The first kappa shape index (κ1) is 11.5. The molecule has 2 rings (SSSR count). The molecule has 2 bridgehead atoms. The lowest BCUT2D eigenvalue weighted by Crippen LogP contribution is -2.12. The molecule has 0 N–H and O–H groups in total. The molecule has 1 saturated carbocycles. The quantitative estimate of drug-likeness (QED) is 0.551. The molecule has 1 aliphatic heterocycles. The molecule has 0 aromatic heterocycles. The van der Waals surface area contributed by atoms with Crippen LogP contribution in [-0.2, 0) is 0 Å². The minimum Gasteiger partial charge on any atom is -0.0772 e. The van der Waals surface area contributed by atoms with Gasteiger partial charge in [-0.05, 0) is 24.2 Å². The zero-order valence-electron chi connectivity index (χ0n) is 10.5. The molecule has 1 saturated heterocycles. The summed E-state index contributed by atoms with van der Waals surface area (Å²) in [7, 11) is 2.67. The molecule has 15 heavy (non-hydrogen) atoms. The SMILES string of the molecule is CC[C@H]1C[B]C2CC[C@@H](CC(C)CC1)C2. The number of hydrogen-bond donors (Lipinski definition) is 0. The summed E-state index contributed by atoms with van der Waals surface area (Å²) in [5.41, 5.74) is 0. The van der Waals surface area contributed by atoms with Crippen LogP contribution in [0.3, 0.4) is 0 Å². The monoisotopic (exact) mass is 205 g/mol. The van der Waals surface area contributed by atoms with E-state index in [9.17, 15) is 0 Å². The molecule has 1 heterocycles. The normalized spacial score (nSPS) is 42.3. The molecule has 0 aromatic carbocycles. The second kappa shape index (κ2) is 5.41. The summed E-state index contributed by atoms with van der Waals surface area (Å²) in [6, 6.07) is 0. The minimum atomic E-state index is 0.981. The standard InChI is InChI=1S/C14H26B/c1-3-12-5-4-11(2)8-13-6-7-14(9-13)15-10-12/h11-14H,3-10H2,1-2H3/t11?,12-,13+,14?/m1/s1. The Bertz CT molecular complexity index is 190. The molecule has 85 valence electrons. The average Bonchev–Trinajstić information content (AvgIpc) is 2.65. The molecule has 4 atom stereocenters. The van der Waals surface area contributed by atoms with Crippen LogP contribution in [0.5, 0.6) is 0 Å². The molecule has 0 amide bonds. The summed E-state index contributed by atoms with van der Waals surface area (Å²) >= 11 is 0. The summed E-state index contributed by atoms with van der Waals surface area (Å²) < 4.78 is 0. The molecule has 2 aliphatic rings. The first-order valence-corrected chi connectivity index (χ1v) is 7.11. The van der Waals surface area contributed by atoms with Crippen LogP contribution >= 0.6 is 0 Å². The van der Waals surface area contributed by atoms with Gasteiger partial charge in [-0.15, -0.1) is 0 Å². The highest BCUT2D eigenvalue weighted by Gasteiger charge is 2.28. The van der Waals surface area contributed by atoms with Crippen LogP contribution in [-0.4, -0.2) is 7.28 Å². The van der Waals surface area contributed by atoms with E-state index in [4.69, 9.17) is 0 Å². The van der Waals surface area contributed by atoms with Gasteiger partial charge in [-0.2, -0.15) is 0 Å². The Hall–Kier alpha value is 0.0649. The minimum absolute atomic E-state index is 0.981. The van der Waals surface area contributed by atoms with Gasteiger partial charge >= 0.3 is 0 Å². The maximum absolute atomic E-state index is 2.67. The predicted molar refractivity (Wildman–Crippen MR) is 68.4 cm³/mol. The molecule has 0 spiro atoms. The molecule has 1 heteroatoms. The van der Waals surface area contributed by atoms with Gasteiger partial charge in [0.15, 0.2) is 0 Å². The summed E-state index contributed by atoms with van der Waals surface area (Å²) in [5, 5.41) is 0. The van der Waals surface area contributed by atoms with Crippen LogP contribution in [0.1, 0.15) is 58.8 Å². The van der Waals surface area contributed by atoms with Crippen molar-refractivity contribution in [2.24, 2.45) is 17.8 Å². The van der Waals surface area contributed by atoms with Crippen molar-refractivity contribution in [2.45, 2.75) is 70.9 Å². The smallest absolute Gasteiger partial charge is 0.0772 e. The van der Waals surface area contributed by atoms with Crippen molar-refractivity contribution in [1.82, 2.24) is 0 Å². The van der Waals surface area contributed by atoms with Crippen molar-refractivity contribution in [3.05, 3.63) is 0 Å². The van der Waals surface area contributed by atoms with Crippen molar-refractivity contribution >= 4 is 7.28 Å². The van der Waals surface area contributed by atoms with Crippen LogP contribution in [0.4, 0.5) is 0 Å². The van der Waals surface area contributed by atoms with E-state index in [-0.39, 0.29) is 0 Å². The van der Waals surface area contributed by atoms with E-state index < -0.39 is 0 Å². The maximum Gasteiger partial charge on any atom is 0.113 e. The summed E-state index contributed by atoms with van der Waals surface area (Å²) in [4.78, 5) is 0. The van der Waals surface area contributed by atoms with Gasteiger partial charge in [0.05, 0.1) is 0 Å². The lowest BCUT2D eigenvalue weighted by atomic mass is 9.57. The summed E-state index contributed by atoms with van der Waals surface area (Å²) in [6.07, 6.45) is 11.8. The Labute approximate surface area is 96.5 Å². The Morgan fingerprint density at radius 1 is 1.07 bits per heavy atom. The van der Waals surface area contributed by atoms with Crippen LogP contribution in [0.25, 0.3) is 0 Å². The Morgan fingerprint density at radius 3 is 2.73 bits per heavy atom. The topological polar surface area (TPSA) is 0 Å². The molecular formula is C14H26B. The summed E-state index contributed by atoms with van der Waals surface area (Å²) in [5.74, 6) is 4.03. The van der Waals surface area contributed by atoms with Gasteiger partial charge in [0.25, 0.3) is 0 Å². The van der Waals surface area contributed by atoms with Crippen LogP contribution < -0.4 is 0 Å². The highest BCUT2D eigenvalue weighted by atomic mass is 14.3. The number of fused-ring (bicyclic) bond motifs is 2. The van der Waals surface area contributed by atoms with E-state index in [1.807, 2.05) is 0 Å². The lowest BCUT2D eigenvalue weighted by Gasteiger charge is -2.23. The average molecular weight is 205 g/mol. The molecule has 0 nitrogen and oxygen atoms in total. The van der Waals surface area contributed by atoms with Crippen molar-refractivity contribution in [3.8, 4) is 0 Å². The van der Waals surface area contributed by atoms with E-state index in [1.54, 1.807) is 0 Å². The van der Waals surface area contributed by atoms with Gasteiger partial charge in [0, 0.05) is 0 Å². The zero-order chi connectivity index (χ0) is 10.7. The predicted octanol–water partition coefficient (Wildman–Crippen LogP) is 4.54. The van der Waals surface area contributed by atoms with Gasteiger partial charge < -0.3 is 0 Å². The van der Waals surface area contributed by atoms with E-state index in [0.717, 1.165) is 23.6 Å². The molecule has 2 unspecified atom stereocenters. The van der Waals surface area contributed by atoms with Crippen LogP contribution in [0.15, 0.2) is 0 Å². The molecule has 2 fully saturated rings. The Balaban J connectivity index is 1.91. The fraction of sp³-hybridized carbons (Fsp3) is 1.00. The summed E-state index contributed by atoms with van der Waals surface area (Å²) in [6.45, 7) is 4.84. The molecular weight excluding hydrogens is 179 g/mol. The largest absolute Gasteiger partial charge is 0.113 e. The molecule has 1 aliphatic carbocycles. The fourth-order valence-corrected chi connectivity index (χ4v) is 3.62. The second-order valence-electron chi connectivity index (χ2n) is 6.10. The van der Waals surface area contributed by atoms with Gasteiger partial charge in [0.2, 0.25) is 0 Å². The third-order valence-corrected chi connectivity index (χ3v) is 4.77. The lowest BCUT2D eigenvalue weighted by molar-refractivity contribution is 0.343. The number of rotatable bonds is 1. The van der Waals surface area contributed by atoms with Crippen LogP contribution in [0, 0.1) is 17.8 Å². The third kappa shape index (κ3) is 3.26. The van der Waals surface area contributed by atoms with Crippen molar-refractivity contribution in [1.29, 1.82) is 0 Å². The number of hydrogen-bond acceptors (Lipinski definition) is 0. The Kier molecular flexibility index (Phi) is 4.17. The van der Waals surface area contributed by atoms with Gasteiger partial charge in [-0.25, -0.2) is 0 Å². The molecule has 1 radical (unpaired) electrons. The van der Waals surface area contributed by atoms with E-state index in [2.05, 4.69) is 21.1 Å². The van der Waals surface area contributed by atoms with E-state index >= 15 is 0 Å². The Morgan fingerprint density at radius 2 is 1.93 bits per heavy atom. The molecule has 0 aromatic rings. The van der Waals surface area contributed by atoms with Crippen molar-refractivity contribution in [2.75, 3.05) is 0 Å². The van der Waals surface area contributed by atoms with E-state index in [0.29, 0.717) is 0 Å². The first-order chi connectivity index (χ1) is 7.28. The fourth-order valence-electron chi connectivity index (χ4n) is 3.62. The van der Waals surface area contributed by atoms with Crippen LogP contribution in [0.2, 0.25) is 12.1 Å². The van der Waals surface area contributed by atoms with Crippen molar-refractivity contribution < 1.29 is 0 Å². The third-order valence-electron chi connectivity index (χ3n) is 4.77. The van der Waals surface area contributed by atoms with Crippen molar-refractivity contribution in [3.63, 3.8) is 0 Å². The van der Waals surface area contributed by atoms with Gasteiger partial charge in [0.1, 0.15) is 7.28 Å². The second-order valence-corrected chi connectivity index (χ2v) is 6.10. The zero-order valence-corrected chi connectivity index (χ0v) is 10.5. The van der Waals surface area contributed by atoms with E-state index in [1.165, 1.54) is 51.3 Å². The van der Waals surface area contributed by atoms with Gasteiger partial charge in [-0.3, -0.25) is 0 Å².